The molecule has 0 aromatic rings. The molecule has 0 saturated carbocycles. The minimum atomic E-state index is -0.807. The van der Waals surface area contributed by atoms with E-state index >= 15 is 0 Å². The van der Waals surface area contributed by atoms with Gasteiger partial charge in [0.25, 0.3) is 0 Å². The molecule has 1 rings (SSSR count). The van der Waals surface area contributed by atoms with Crippen LogP contribution in [0.15, 0.2) is 0 Å². The van der Waals surface area contributed by atoms with E-state index in [9.17, 15) is 14.4 Å². The first-order valence-electron chi connectivity index (χ1n) is 4.96. The Morgan fingerprint density at radius 1 is 1.38 bits per heavy atom. The molecule has 1 aliphatic rings. The summed E-state index contributed by atoms with van der Waals surface area (Å²) in [6.07, 6.45) is 0. The highest BCUT2D eigenvalue weighted by atomic mass is 16.2. The van der Waals surface area contributed by atoms with Gasteiger partial charge < -0.3 is 4.90 Å². The molecule has 1 fully saturated rings. The summed E-state index contributed by atoms with van der Waals surface area (Å²) in [5.74, 6) is -2.42. The van der Waals surface area contributed by atoms with Crippen molar-refractivity contribution in [2.75, 3.05) is 13.1 Å². The zero-order chi connectivity index (χ0) is 12.3. The lowest BCUT2D eigenvalue weighted by atomic mass is 9.96. The third kappa shape index (κ3) is 2.57. The summed E-state index contributed by atoms with van der Waals surface area (Å²) >= 11 is 0. The molecule has 1 saturated heterocycles. The summed E-state index contributed by atoms with van der Waals surface area (Å²) in [5.41, 5.74) is 0. The van der Waals surface area contributed by atoms with Gasteiger partial charge >= 0.3 is 0 Å². The number of nitrogens with one attached hydrogen (secondary N) is 1. The van der Waals surface area contributed by atoms with Crippen molar-refractivity contribution in [3.8, 4) is 6.07 Å². The molecule has 3 amide bonds. The largest absolute Gasteiger partial charge is 0.323 e. The molecule has 6 heteroatoms. The molecule has 1 N–H and O–H groups in total. The molecule has 0 bridgehead atoms. The molecule has 1 atom stereocenters. The number of hydrogen-bond acceptors (Lipinski definition) is 4. The Bertz CT molecular complexity index is 354. The fourth-order valence-electron chi connectivity index (χ4n) is 1.48. The van der Waals surface area contributed by atoms with E-state index in [0.29, 0.717) is 0 Å². The topological polar surface area (TPSA) is 90.3 Å². The third-order valence-corrected chi connectivity index (χ3v) is 2.33. The van der Waals surface area contributed by atoms with E-state index in [1.807, 2.05) is 6.07 Å². The number of carbonyl (C=O) groups is 3. The number of hydrogen-bond donors (Lipinski definition) is 1. The van der Waals surface area contributed by atoms with Crippen molar-refractivity contribution in [3.63, 3.8) is 0 Å². The van der Waals surface area contributed by atoms with E-state index in [1.165, 1.54) is 0 Å². The van der Waals surface area contributed by atoms with Gasteiger partial charge in [0.1, 0.15) is 19.0 Å². The molecule has 16 heavy (non-hydrogen) atoms. The molecule has 0 spiro atoms. The minimum Gasteiger partial charge on any atom is -0.323 e. The molecular weight excluding hydrogens is 210 g/mol. The second-order valence-corrected chi connectivity index (χ2v) is 4.02. The van der Waals surface area contributed by atoms with Crippen molar-refractivity contribution in [3.05, 3.63) is 0 Å². The van der Waals surface area contributed by atoms with Gasteiger partial charge in [0.15, 0.2) is 0 Å². The molecule has 0 aromatic heterocycles. The van der Waals surface area contributed by atoms with Crippen LogP contribution in [0.4, 0.5) is 0 Å². The SMILES string of the molecule is CC(C)C(C#N)C(=O)N1CC(=O)NC(=O)C1. The number of amides is 3. The van der Waals surface area contributed by atoms with Gasteiger partial charge in [0, 0.05) is 0 Å². The smallest absolute Gasteiger partial charge is 0.246 e. The minimum absolute atomic E-state index is 0.141. The van der Waals surface area contributed by atoms with Crippen LogP contribution in [0, 0.1) is 23.2 Å². The van der Waals surface area contributed by atoms with E-state index in [1.54, 1.807) is 13.8 Å². The highest BCUT2D eigenvalue weighted by Crippen LogP contribution is 2.14. The fourth-order valence-corrected chi connectivity index (χ4v) is 1.48. The first-order chi connectivity index (χ1) is 7.45. The van der Waals surface area contributed by atoms with Gasteiger partial charge in [-0.3, -0.25) is 19.7 Å². The summed E-state index contributed by atoms with van der Waals surface area (Å²) in [6, 6.07) is 1.89. The van der Waals surface area contributed by atoms with Crippen LogP contribution in [0.1, 0.15) is 13.8 Å². The van der Waals surface area contributed by atoms with E-state index in [0.717, 1.165) is 4.90 Å². The molecule has 1 heterocycles. The number of nitriles is 1. The van der Waals surface area contributed by atoms with Crippen molar-refractivity contribution < 1.29 is 14.4 Å². The summed E-state index contributed by atoms with van der Waals surface area (Å²) in [4.78, 5) is 35.1. The molecular formula is C10H13N3O3. The lowest BCUT2D eigenvalue weighted by molar-refractivity contribution is -0.147. The van der Waals surface area contributed by atoms with Gasteiger partial charge in [-0.1, -0.05) is 13.8 Å². The van der Waals surface area contributed by atoms with Crippen LogP contribution in [-0.2, 0) is 14.4 Å². The lowest BCUT2D eigenvalue weighted by Gasteiger charge is -2.28. The molecule has 86 valence electrons. The van der Waals surface area contributed by atoms with E-state index < -0.39 is 23.6 Å². The average Bonchev–Trinajstić information content (AvgIpc) is 2.16. The van der Waals surface area contributed by atoms with Gasteiger partial charge in [0.05, 0.1) is 6.07 Å². The van der Waals surface area contributed by atoms with Crippen LogP contribution in [0.3, 0.4) is 0 Å². The first-order valence-corrected chi connectivity index (χ1v) is 4.96. The Balaban J connectivity index is 2.77. The normalized spacial score (nSPS) is 18.0. The predicted octanol–water partition coefficient (Wildman–Crippen LogP) is -0.733. The molecule has 0 radical (unpaired) electrons. The molecule has 1 unspecified atom stereocenters. The standard InChI is InChI=1S/C10H13N3O3/c1-6(2)7(3-11)10(16)13-4-8(14)12-9(15)5-13/h6-7H,4-5H2,1-2H3,(H,12,14,15). The maximum atomic E-state index is 11.8. The van der Waals surface area contributed by atoms with Gasteiger partial charge in [-0.25, -0.2) is 0 Å². The number of imide groups is 1. The molecule has 0 aliphatic carbocycles. The molecule has 6 nitrogen and oxygen atoms in total. The van der Waals surface area contributed by atoms with Crippen LogP contribution in [0.5, 0.6) is 0 Å². The molecule has 1 aliphatic heterocycles. The monoisotopic (exact) mass is 223 g/mol. The maximum absolute atomic E-state index is 11.8. The number of nitrogens with zero attached hydrogens (tertiary/aromatic N) is 2. The van der Waals surface area contributed by atoms with Crippen LogP contribution >= 0.6 is 0 Å². The summed E-state index contributed by atoms with van der Waals surface area (Å²) in [6.45, 7) is 3.18. The van der Waals surface area contributed by atoms with Gasteiger partial charge in [-0.15, -0.1) is 0 Å². The van der Waals surface area contributed by atoms with Crippen LogP contribution in [0.25, 0.3) is 0 Å². The lowest BCUT2D eigenvalue weighted by Crippen LogP contribution is -2.54. The Hall–Kier alpha value is -1.90. The van der Waals surface area contributed by atoms with Gasteiger partial charge in [-0.05, 0) is 5.92 Å². The quantitative estimate of drug-likeness (QED) is 0.625. The van der Waals surface area contributed by atoms with E-state index in [4.69, 9.17) is 5.26 Å². The first kappa shape index (κ1) is 12.2. The Morgan fingerprint density at radius 3 is 2.25 bits per heavy atom. The fraction of sp³-hybridized carbons (Fsp3) is 0.600. The van der Waals surface area contributed by atoms with Crippen molar-refractivity contribution >= 4 is 17.7 Å². The highest BCUT2D eigenvalue weighted by molar-refractivity contribution is 6.02. The van der Waals surface area contributed by atoms with E-state index in [-0.39, 0.29) is 19.0 Å². The Kier molecular flexibility index (Phi) is 3.61. The van der Waals surface area contributed by atoms with Gasteiger partial charge in [-0.2, -0.15) is 5.26 Å². The summed E-state index contributed by atoms with van der Waals surface area (Å²) < 4.78 is 0. The second kappa shape index (κ2) is 4.75. The van der Waals surface area contributed by atoms with Crippen molar-refractivity contribution in [1.82, 2.24) is 10.2 Å². The van der Waals surface area contributed by atoms with Crippen LogP contribution in [-0.4, -0.2) is 35.7 Å². The van der Waals surface area contributed by atoms with Crippen LogP contribution in [0.2, 0.25) is 0 Å². The second-order valence-electron chi connectivity index (χ2n) is 4.02. The Morgan fingerprint density at radius 2 is 1.88 bits per heavy atom. The van der Waals surface area contributed by atoms with Gasteiger partial charge in [0.2, 0.25) is 17.7 Å². The molecule has 0 aromatic carbocycles. The van der Waals surface area contributed by atoms with Crippen molar-refractivity contribution in [1.29, 1.82) is 5.26 Å². The summed E-state index contributed by atoms with van der Waals surface area (Å²) in [5, 5.41) is 10.9. The number of carbonyl (C=O) groups excluding carboxylic acids is 3. The number of piperazine rings is 1. The van der Waals surface area contributed by atoms with Crippen LogP contribution < -0.4 is 5.32 Å². The average molecular weight is 223 g/mol. The zero-order valence-electron chi connectivity index (χ0n) is 9.19. The van der Waals surface area contributed by atoms with Crippen molar-refractivity contribution in [2.24, 2.45) is 11.8 Å². The zero-order valence-corrected chi connectivity index (χ0v) is 9.19. The summed E-state index contributed by atoms with van der Waals surface area (Å²) in [7, 11) is 0. The number of rotatable bonds is 2. The van der Waals surface area contributed by atoms with E-state index in [2.05, 4.69) is 5.32 Å². The van der Waals surface area contributed by atoms with Crippen molar-refractivity contribution in [2.45, 2.75) is 13.8 Å². The predicted molar refractivity (Wildman–Crippen MR) is 53.7 cm³/mol. The highest BCUT2D eigenvalue weighted by Gasteiger charge is 2.32. The Labute approximate surface area is 93.2 Å². The maximum Gasteiger partial charge on any atom is 0.246 e. The third-order valence-electron chi connectivity index (χ3n) is 2.33.